The number of hydrogen-bond donors (Lipinski definition) is 2. The van der Waals surface area contributed by atoms with Crippen LogP contribution in [-0.4, -0.2) is 35.8 Å². The van der Waals surface area contributed by atoms with Gasteiger partial charge < -0.3 is 15.2 Å². The summed E-state index contributed by atoms with van der Waals surface area (Å²) in [4.78, 5) is 14.5. The molecule has 0 amide bonds. The van der Waals surface area contributed by atoms with Crippen molar-refractivity contribution >= 4 is 22.4 Å². The van der Waals surface area contributed by atoms with E-state index < -0.39 is 5.97 Å². The Hall–Kier alpha value is -1.14. The van der Waals surface area contributed by atoms with Gasteiger partial charge in [-0.2, -0.15) is 0 Å². The zero-order valence-electron chi connectivity index (χ0n) is 10.1. The van der Waals surface area contributed by atoms with Crippen LogP contribution in [0.2, 0.25) is 0 Å². The van der Waals surface area contributed by atoms with E-state index in [4.69, 9.17) is 9.84 Å². The van der Waals surface area contributed by atoms with Crippen LogP contribution in [0.15, 0.2) is 5.38 Å². The molecule has 0 aliphatic carbocycles. The summed E-state index contributed by atoms with van der Waals surface area (Å²) in [5.41, 5.74) is 0.0913. The SMILES string of the molecule is CC(C)COCCCNc1nc(C(=O)O)cs1. The highest BCUT2D eigenvalue weighted by Gasteiger charge is 2.07. The van der Waals surface area contributed by atoms with Gasteiger partial charge in [-0.1, -0.05) is 13.8 Å². The maximum Gasteiger partial charge on any atom is 0.355 e. The van der Waals surface area contributed by atoms with Crippen LogP contribution in [0.4, 0.5) is 5.13 Å². The molecular formula is C11H18N2O3S. The Kier molecular flexibility index (Phi) is 5.93. The normalized spacial score (nSPS) is 10.8. The van der Waals surface area contributed by atoms with Crippen molar-refractivity contribution in [1.29, 1.82) is 0 Å². The van der Waals surface area contributed by atoms with Crippen molar-refractivity contribution in [3.8, 4) is 0 Å². The number of aromatic carboxylic acids is 1. The molecule has 17 heavy (non-hydrogen) atoms. The molecule has 6 heteroatoms. The minimum Gasteiger partial charge on any atom is -0.476 e. The second-order valence-corrected chi connectivity index (χ2v) is 4.95. The molecule has 1 heterocycles. The molecule has 5 nitrogen and oxygen atoms in total. The summed E-state index contributed by atoms with van der Waals surface area (Å²) in [7, 11) is 0. The maximum absolute atomic E-state index is 10.6. The van der Waals surface area contributed by atoms with Crippen LogP contribution in [0.3, 0.4) is 0 Å². The summed E-state index contributed by atoms with van der Waals surface area (Å²) < 4.78 is 5.43. The number of ether oxygens (including phenoxy) is 1. The van der Waals surface area contributed by atoms with Crippen molar-refractivity contribution < 1.29 is 14.6 Å². The summed E-state index contributed by atoms with van der Waals surface area (Å²) in [5, 5.41) is 13.9. The molecule has 0 saturated heterocycles. The fourth-order valence-electron chi connectivity index (χ4n) is 1.14. The third kappa shape index (κ3) is 5.65. The van der Waals surface area contributed by atoms with Gasteiger partial charge in [-0.3, -0.25) is 0 Å². The highest BCUT2D eigenvalue weighted by atomic mass is 32.1. The molecule has 96 valence electrons. The first-order valence-corrected chi connectivity index (χ1v) is 6.48. The first kappa shape index (κ1) is 13.9. The number of carbonyl (C=O) groups is 1. The van der Waals surface area contributed by atoms with Crippen molar-refractivity contribution in [2.24, 2.45) is 5.92 Å². The summed E-state index contributed by atoms with van der Waals surface area (Å²) in [6.45, 7) is 6.45. The van der Waals surface area contributed by atoms with Crippen molar-refractivity contribution in [3.63, 3.8) is 0 Å². The number of rotatable bonds is 8. The third-order valence-electron chi connectivity index (χ3n) is 1.92. The Morgan fingerprint density at radius 2 is 2.41 bits per heavy atom. The molecule has 0 radical (unpaired) electrons. The van der Waals surface area contributed by atoms with Crippen LogP contribution in [-0.2, 0) is 4.74 Å². The Labute approximate surface area is 105 Å². The number of anilines is 1. The predicted molar refractivity (Wildman–Crippen MR) is 67.8 cm³/mol. The second-order valence-electron chi connectivity index (χ2n) is 4.09. The van der Waals surface area contributed by atoms with Crippen LogP contribution in [0.25, 0.3) is 0 Å². The standard InChI is InChI=1S/C11H18N2O3S/c1-8(2)6-16-5-3-4-12-11-13-9(7-17-11)10(14)15/h7-8H,3-6H2,1-2H3,(H,12,13)(H,14,15). The van der Waals surface area contributed by atoms with Gasteiger partial charge in [0.15, 0.2) is 10.8 Å². The number of nitrogens with zero attached hydrogens (tertiary/aromatic N) is 1. The van der Waals surface area contributed by atoms with Gasteiger partial charge in [0.1, 0.15) is 0 Å². The average molecular weight is 258 g/mol. The van der Waals surface area contributed by atoms with Crippen LogP contribution in [0, 0.1) is 5.92 Å². The molecule has 2 N–H and O–H groups in total. The predicted octanol–water partition coefficient (Wildman–Crippen LogP) is 2.32. The highest BCUT2D eigenvalue weighted by molar-refractivity contribution is 7.13. The van der Waals surface area contributed by atoms with E-state index in [1.165, 1.54) is 16.7 Å². The number of hydrogen-bond acceptors (Lipinski definition) is 5. The van der Waals surface area contributed by atoms with E-state index in [9.17, 15) is 4.79 Å². The van der Waals surface area contributed by atoms with Gasteiger partial charge in [0, 0.05) is 25.1 Å². The summed E-state index contributed by atoms with van der Waals surface area (Å²) in [5.74, 6) is -0.436. The quantitative estimate of drug-likeness (QED) is 0.700. The lowest BCUT2D eigenvalue weighted by Crippen LogP contribution is -2.08. The van der Waals surface area contributed by atoms with Crippen LogP contribution < -0.4 is 5.32 Å². The molecule has 1 aromatic heterocycles. The van der Waals surface area contributed by atoms with E-state index in [-0.39, 0.29) is 5.69 Å². The smallest absolute Gasteiger partial charge is 0.355 e. The Morgan fingerprint density at radius 1 is 1.65 bits per heavy atom. The Bertz CT molecular complexity index is 352. The van der Waals surface area contributed by atoms with Crippen molar-refractivity contribution in [1.82, 2.24) is 4.98 Å². The van der Waals surface area contributed by atoms with Crippen molar-refractivity contribution in [2.75, 3.05) is 25.1 Å². The molecule has 0 spiro atoms. The minimum atomic E-state index is -0.991. The zero-order valence-corrected chi connectivity index (χ0v) is 10.9. The van der Waals surface area contributed by atoms with Gasteiger partial charge in [0.05, 0.1) is 0 Å². The molecule has 0 aromatic carbocycles. The van der Waals surface area contributed by atoms with Gasteiger partial charge in [0.25, 0.3) is 0 Å². The lowest BCUT2D eigenvalue weighted by molar-refractivity contribution is 0.0691. The van der Waals surface area contributed by atoms with Crippen LogP contribution >= 0.6 is 11.3 Å². The van der Waals surface area contributed by atoms with Crippen LogP contribution in [0.5, 0.6) is 0 Å². The molecule has 0 atom stereocenters. The number of nitrogens with one attached hydrogen (secondary N) is 1. The summed E-state index contributed by atoms with van der Waals surface area (Å²) in [6.07, 6.45) is 0.884. The summed E-state index contributed by atoms with van der Waals surface area (Å²) >= 11 is 1.30. The van der Waals surface area contributed by atoms with E-state index in [2.05, 4.69) is 24.1 Å². The van der Waals surface area contributed by atoms with E-state index in [1.54, 1.807) is 0 Å². The Morgan fingerprint density at radius 3 is 3.00 bits per heavy atom. The zero-order chi connectivity index (χ0) is 12.7. The molecule has 1 rings (SSSR count). The molecule has 0 aliphatic heterocycles. The van der Waals surface area contributed by atoms with E-state index >= 15 is 0 Å². The van der Waals surface area contributed by atoms with Gasteiger partial charge in [0.2, 0.25) is 0 Å². The molecule has 0 aliphatic rings. The monoisotopic (exact) mass is 258 g/mol. The fraction of sp³-hybridized carbons (Fsp3) is 0.636. The van der Waals surface area contributed by atoms with Crippen LogP contribution in [0.1, 0.15) is 30.8 Å². The fourth-order valence-corrected chi connectivity index (χ4v) is 1.85. The lowest BCUT2D eigenvalue weighted by Gasteiger charge is -2.06. The molecule has 0 unspecified atom stereocenters. The number of carboxylic acid groups (broad SMARTS) is 1. The first-order valence-electron chi connectivity index (χ1n) is 5.60. The Balaban J connectivity index is 2.11. The largest absolute Gasteiger partial charge is 0.476 e. The average Bonchev–Trinajstić information content (AvgIpc) is 2.71. The van der Waals surface area contributed by atoms with Gasteiger partial charge >= 0.3 is 5.97 Å². The topological polar surface area (TPSA) is 71.5 Å². The molecule has 0 bridgehead atoms. The van der Waals surface area contributed by atoms with Gasteiger partial charge in [-0.25, -0.2) is 9.78 Å². The molecular weight excluding hydrogens is 240 g/mol. The first-order chi connectivity index (χ1) is 8.09. The number of carboxylic acids is 1. The van der Waals surface area contributed by atoms with Gasteiger partial charge in [-0.15, -0.1) is 11.3 Å². The molecule has 0 fully saturated rings. The number of thiazole rings is 1. The maximum atomic E-state index is 10.6. The van der Waals surface area contributed by atoms with Crippen molar-refractivity contribution in [2.45, 2.75) is 20.3 Å². The minimum absolute atomic E-state index is 0.0913. The highest BCUT2D eigenvalue weighted by Crippen LogP contribution is 2.14. The van der Waals surface area contributed by atoms with E-state index in [0.29, 0.717) is 17.7 Å². The molecule has 1 aromatic rings. The summed E-state index contributed by atoms with van der Waals surface area (Å²) in [6, 6.07) is 0. The van der Waals surface area contributed by atoms with E-state index in [0.717, 1.165) is 19.6 Å². The second kappa shape index (κ2) is 7.24. The molecule has 0 saturated carbocycles. The van der Waals surface area contributed by atoms with Gasteiger partial charge in [-0.05, 0) is 12.3 Å². The van der Waals surface area contributed by atoms with E-state index in [1.807, 2.05) is 0 Å². The third-order valence-corrected chi connectivity index (χ3v) is 2.72. The van der Waals surface area contributed by atoms with Crippen molar-refractivity contribution in [3.05, 3.63) is 11.1 Å². The lowest BCUT2D eigenvalue weighted by atomic mass is 10.2. The number of aromatic nitrogens is 1.